The maximum absolute atomic E-state index is 14.5. The molecule has 1 saturated heterocycles. The second kappa shape index (κ2) is 5.12. The van der Waals surface area contributed by atoms with Crippen LogP contribution in [0.15, 0.2) is 23.2 Å². The molecule has 1 aromatic carbocycles. The van der Waals surface area contributed by atoms with Gasteiger partial charge in [-0.15, -0.1) is 0 Å². The van der Waals surface area contributed by atoms with Crippen LogP contribution < -0.4 is 11.5 Å². The van der Waals surface area contributed by atoms with E-state index in [0.717, 1.165) is 25.9 Å². The van der Waals surface area contributed by atoms with Gasteiger partial charge in [-0.25, -0.2) is 4.39 Å². The van der Waals surface area contributed by atoms with Crippen LogP contribution in [0.25, 0.3) is 0 Å². The molecule has 0 spiro atoms. The van der Waals surface area contributed by atoms with Crippen molar-refractivity contribution in [3.63, 3.8) is 0 Å². The molecule has 3 atom stereocenters. The summed E-state index contributed by atoms with van der Waals surface area (Å²) in [5.41, 5.74) is 12.0. The number of carbonyl (C=O) groups is 1. The van der Waals surface area contributed by atoms with Crippen molar-refractivity contribution < 1.29 is 9.18 Å². The minimum absolute atomic E-state index is 0.0632. The summed E-state index contributed by atoms with van der Waals surface area (Å²) >= 11 is 1.35. The molecule has 2 fully saturated rings. The van der Waals surface area contributed by atoms with Gasteiger partial charge in [0, 0.05) is 30.3 Å². The SMILES string of the molecule is C[C@]1(c2cc(N)ccc2F)N=C(N)S[C@@]2(C(=O)N3CCCC3)C[C@H]21. The van der Waals surface area contributed by atoms with Gasteiger partial charge in [0.2, 0.25) is 5.91 Å². The van der Waals surface area contributed by atoms with Crippen molar-refractivity contribution in [2.45, 2.75) is 36.5 Å². The van der Waals surface area contributed by atoms with E-state index in [1.165, 1.54) is 23.9 Å². The third kappa shape index (κ3) is 2.13. The third-order valence-corrected chi connectivity index (χ3v) is 6.80. The molecule has 4 rings (SSSR count). The van der Waals surface area contributed by atoms with E-state index in [1.807, 2.05) is 11.8 Å². The van der Waals surface area contributed by atoms with E-state index in [0.29, 0.717) is 22.8 Å². The fraction of sp³-hybridized carbons (Fsp3) is 0.529. The number of benzene rings is 1. The molecule has 2 heterocycles. The molecule has 5 nitrogen and oxygen atoms in total. The Hall–Kier alpha value is -1.76. The number of likely N-dealkylation sites (tertiary alicyclic amines) is 1. The van der Waals surface area contributed by atoms with E-state index in [9.17, 15) is 9.18 Å². The van der Waals surface area contributed by atoms with Crippen molar-refractivity contribution in [2.24, 2.45) is 16.6 Å². The number of fused-ring (bicyclic) bond motifs is 1. The lowest BCUT2D eigenvalue weighted by Crippen LogP contribution is -2.45. The average Bonchev–Trinajstić information content (AvgIpc) is 3.04. The number of thioether (sulfide) groups is 1. The average molecular weight is 348 g/mol. The minimum Gasteiger partial charge on any atom is -0.399 e. The number of halogens is 1. The van der Waals surface area contributed by atoms with Crippen molar-refractivity contribution in [1.82, 2.24) is 4.90 Å². The predicted molar refractivity (Wildman–Crippen MR) is 94.0 cm³/mol. The van der Waals surface area contributed by atoms with Crippen molar-refractivity contribution in [3.05, 3.63) is 29.6 Å². The third-order valence-electron chi connectivity index (χ3n) is 5.51. The standard InChI is InChI=1S/C17H21FN4OS/c1-16(11-8-10(19)4-5-12(11)18)13-9-17(13,24-15(20)21-16)14(23)22-6-2-3-7-22/h4-5,8,13H,2-3,6-7,9,19H2,1H3,(H2,20,21)/t13-,16+,17-/m0/s1. The Balaban J connectivity index is 1.74. The molecule has 0 bridgehead atoms. The molecule has 0 radical (unpaired) electrons. The Morgan fingerprint density at radius 2 is 2.08 bits per heavy atom. The lowest BCUT2D eigenvalue weighted by Gasteiger charge is -2.35. The van der Waals surface area contributed by atoms with Crippen molar-refractivity contribution in [1.29, 1.82) is 0 Å². The van der Waals surface area contributed by atoms with E-state index < -0.39 is 10.3 Å². The van der Waals surface area contributed by atoms with Gasteiger partial charge in [-0.3, -0.25) is 9.79 Å². The number of hydrogen-bond donors (Lipinski definition) is 2. The maximum atomic E-state index is 14.5. The van der Waals surface area contributed by atoms with Crippen LogP contribution in [0.4, 0.5) is 10.1 Å². The Bertz CT molecular complexity index is 748. The van der Waals surface area contributed by atoms with Crippen LogP contribution in [0.2, 0.25) is 0 Å². The Morgan fingerprint density at radius 3 is 2.79 bits per heavy atom. The van der Waals surface area contributed by atoms with E-state index in [1.54, 1.807) is 6.07 Å². The van der Waals surface area contributed by atoms with Gasteiger partial charge in [0.05, 0.1) is 5.54 Å². The largest absolute Gasteiger partial charge is 0.399 e. The van der Waals surface area contributed by atoms with Crippen LogP contribution in [-0.4, -0.2) is 33.8 Å². The summed E-state index contributed by atoms with van der Waals surface area (Å²) in [5.74, 6) is -0.292. The lowest BCUT2D eigenvalue weighted by molar-refractivity contribution is -0.130. The Kier molecular flexibility index (Phi) is 3.36. The summed E-state index contributed by atoms with van der Waals surface area (Å²) < 4.78 is 13.9. The number of rotatable bonds is 2. The van der Waals surface area contributed by atoms with Gasteiger partial charge < -0.3 is 16.4 Å². The summed E-state index contributed by atoms with van der Waals surface area (Å²) in [6.07, 6.45) is 2.76. The molecule has 1 amide bonds. The normalized spacial score (nSPS) is 34.7. The fourth-order valence-corrected chi connectivity index (χ4v) is 5.62. The smallest absolute Gasteiger partial charge is 0.239 e. The van der Waals surface area contributed by atoms with Gasteiger partial charge in [-0.2, -0.15) is 0 Å². The van der Waals surface area contributed by atoms with Crippen LogP contribution >= 0.6 is 11.8 Å². The summed E-state index contributed by atoms with van der Waals surface area (Å²) in [6.45, 7) is 3.46. The maximum Gasteiger partial charge on any atom is 0.239 e. The molecule has 1 aliphatic carbocycles. The highest BCUT2D eigenvalue weighted by molar-refractivity contribution is 8.15. The van der Waals surface area contributed by atoms with E-state index in [-0.39, 0.29) is 17.6 Å². The van der Waals surface area contributed by atoms with Crippen LogP contribution in [0.3, 0.4) is 0 Å². The number of carbonyl (C=O) groups excluding carboxylic acids is 1. The number of nitrogen functional groups attached to an aromatic ring is 1. The zero-order valence-corrected chi connectivity index (χ0v) is 14.4. The number of anilines is 1. The molecule has 0 aromatic heterocycles. The van der Waals surface area contributed by atoms with Gasteiger partial charge >= 0.3 is 0 Å². The van der Waals surface area contributed by atoms with Gasteiger partial charge in [-0.05, 0) is 44.4 Å². The van der Waals surface area contributed by atoms with Crippen molar-refractivity contribution in [3.8, 4) is 0 Å². The molecule has 1 aromatic rings. The Labute approximate surface area is 144 Å². The molecule has 1 saturated carbocycles. The fourth-order valence-electron chi connectivity index (χ4n) is 4.17. The molecular weight excluding hydrogens is 327 g/mol. The number of aliphatic imine (C=N–C) groups is 1. The predicted octanol–water partition coefficient (Wildman–Crippen LogP) is 2.07. The first kappa shape index (κ1) is 15.7. The van der Waals surface area contributed by atoms with Gasteiger partial charge in [0.15, 0.2) is 5.17 Å². The summed E-state index contributed by atoms with van der Waals surface area (Å²) in [7, 11) is 0. The summed E-state index contributed by atoms with van der Waals surface area (Å²) in [4.78, 5) is 19.5. The topological polar surface area (TPSA) is 84.7 Å². The van der Waals surface area contributed by atoms with Gasteiger partial charge in [0.1, 0.15) is 10.6 Å². The first-order valence-corrected chi connectivity index (χ1v) is 9.08. The molecule has 24 heavy (non-hydrogen) atoms. The summed E-state index contributed by atoms with van der Waals surface area (Å²) in [5, 5.41) is 0.348. The molecule has 3 aliphatic rings. The first-order chi connectivity index (χ1) is 11.4. The molecule has 128 valence electrons. The second-order valence-corrected chi connectivity index (χ2v) is 8.44. The van der Waals surface area contributed by atoms with Gasteiger partial charge in [0.25, 0.3) is 0 Å². The number of nitrogens with two attached hydrogens (primary N) is 2. The van der Waals surface area contributed by atoms with E-state index in [2.05, 4.69) is 4.99 Å². The highest BCUT2D eigenvalue weighted by atomic mass is 32.2. The molecule has 7 heteroatoms. The van der Waals surface area contributed by atoms with Crippen LogP contribution in [-0.2, 0) is 10.3 Å². The molecule has 0 unspecified atom stereocenters. The number of hydrogen-bond acceptors (Lipinski definition) is 5. The lowest BCUT2D eigenvalue weighted by atomic mass is 9.85. The Morgan fingerprint density at radius 1 is 1.38 bits per heavy atom. The summed E-state index contributed by atoms with van der Waals surface area (Å²) in [6, 6.07) is 4.50. The zero-order chi connectivity index (χ0) is 17.1. The minimum atomic E-state index is -0.857. The number of nitrogens with zero attached hydrogens (tertiary/aromatic N) is 2. The highest BCUT2D eigenvalue weighted by Crippen LogP contribution is 2.66. The van der Waals surface area contributed by atoms with Crippen molar-refractivity contribution >= 4 is 28.5 Å². The molecular formula is C17H21FN4OS. The monoisotopic (exact) mass is 348 g/mol. The van der Waals surface area contributed by atoms with Crippen LogP contribution in [0, 0.1) is 11.7 Å². The van der Waals surface area contributed by atoms with E-state index >= 15 is 0 Å². The van der Waals surface area contributed by atoms with Crippen LogP contribution in [0.5, 0.6) is 0 Å². The van der Waals surface area contributed by atoms with E-state index in [4.69, 9.17) is 11.5 Å². The molecule has 4 N–H and O–H groups in total. The number of amidine groups is 1. The van der Waals surface area contributed by atoms with Crippen molar-refractivity contribution in [2.75, 3.05) is 18.8 Å². The second-order valence-electron chi connectivity index (χ2n) is 7.08. The first-order valence-electron chi connectivity index (χ1n) is 8.26. The zero-order valence-electron chi connectivity index (χ0n) is 13.6. The van der Waals surface area contributed by atoms with Gasteiger partial charge in [-0.1, -0.05) is 11.8 Å². The van der Waals surface area contributed by atoms with Crippen LogP contribution in [0.1, 0.15) is 31.7 Å². The quantitative estimate of drug-likeness (QED) is 0.801. The number of amides is 1. The molecule has 2 aliphatic heterocycles. The highest BCUT2D eigenvalue weighted by Gasteiger charge is 2.71.